The molecule has 218 valence electrons. The van der Waals surface area contributed by atoms with Gasteiger partial charge in [-0.05, 0) is 34.4 Å². The molecule has 0 spiro atoms. The smallest absolute Gasteiger partial charge is 0.235 e. The molecule has 0 amide bonds. The number of hydrogen-bond donors (Lipinski definition) is 0. The van der Waals surface area contributed by atoms with Crippen molar-refractivity contribution < 1.29 is 0 Å². The molecule has 0 aliphatic heterocycles. The van der Waals surface area contributed by atoms with E-state index in [0.29, 0.717) is 5.95 Å². The van der Waals surface area contributed by atoms with Crippen molar-refractivity contribution in [1.82, 2.24) is 14.5 Å². The van der Waals surface area contributed by atoms with E-state index < -0.39 is 0 Å². The van der Waals surface area contributed by atoms with Crippen LogP contribution in [0.25, 0.3) is 101 Å². The van der Waals surface area contributed by atoms with E-state index in [1.807, 2.05) is 11.3 Å². The third kappa shape index (κ3) is 3.45. The van der Waals surface area contributed by atoms with Crippen LogP contribution in [0.1, 0.15) is 0 Å². The molecule has 5 heteroatoms. The van der Waals surface area contributed by atoms with E-state index in [-0.39, 0.29) is 0 Å². The minimum absolute atomic E-state index is 0.696. The minimum atomic E-state index is 0.696. The molecule has 0 saturated carbocycles. The largest absolute Gasteiger partial charge is 0.277 e. The summed E-state index contributed by atoms with van der Waals surface area (Å²) in [6.07, 6.45) is 0. The monoisotopic (exact) mass is 633 g/mol. The highest BCUT2D eigenvalue weighted by Gasteiger charge is 2.25. The standard InChI is InChI=1S/C42H23N3S2/c1-2-14-25-24(12-1)13-11-20-27(25)37-41-38(31-19-7-10-23-34(31)47-41)44-42(43-37)45-32-21-8-5-17-29(32)35-26-15-3-4-16-28(26)40-36(39(35)45)30-18-6-9-22-33(30)46-40/h1-23H. The second kappa shape index (κ2) is 9.46. The van der Waals surface area contributed by atoms with Gasteiger partial charge in [-0.1, -0.05) is 121 Å². The fraction of sp³-hybridized carbons (Fsp3) is 0. The van der Waals surface area contributed by atoms with E-state index >= 15 is 0 Å². The predicted molar refractivity (Wildman–Crippen MR) is 203 cm³/mol. The lowest BCUT2D eigenvalue weighted by molar-refractivity contribution is 1.02. The number of fused-ring (bicyclic) bond motifs is 14. The first-order valence-corrected chi connectivity index (χ1v) is 17.4. The number of thiophene rings is 2. The third-order valence-corrected chi connectivity index (χ3v) is 12.0. The molecule has 0 unspecified atom stereocenters. The minimum Gasteiger partial charge on any atom is -0.277 e. The number of rotatable bonds is 2. The summed E-state index contributed by atoms with van der Waals surface area (Å²) in [5.41, 5.74) is 5.37. The zero-order valence-corrected chi connectivity index (χ0v) is 26.6. The molecule has 0 aliphatic carbocycles. The van der Waals surface area contributed by atoms with Gasteiger partial charge in [-0.3, -0.25) is 4.57 Å². The van der Waals surface area contributed by atoms with Gasteiger partial charge in [0, 0.05) is 52.0 Å². The van der Waals surface area contributed by atoms with E-state index in [0.717, 1.165) is 32.4 Å². The van der Waals surface area contributed by atoms with Crippen LogP contribution in [0.4, 0.5) is 0 Å². The summed E-state index contributed by atoms with van der Waals surface area (Å²) in [5, 5.41) is 11.1. The maximum absolute atomic E-state index is 5.58. The average Bonchev–Trinajstić information content (AvgIpc) is 3.81. The van der Waals surface area contributed by atoms with Gasteiger partial charge in [0.2, 0.25) is 5.95 Å². The zero-order chi connectivity index (χ0) is 30.6. The Labute approximate surface area is 276 Å². The van der Waals surface area contributed by atoms with Gasteiger partial charge in [0.15, 0.2) is 0 Å². The van der Waals surface area contributed by atoms with Crippen molar-refractivity contribution in [2.45, 2.75) is 0 Å². The van der Waals surface area contributed by atoms with Crippen LogP contribution in [0.5, 0.6) is 0 Å². The van der Waals surface area contributed by atoms with Crippen LogP contribution in [-0.4, -0.2) is 14.5 Å². The molecule has 11 rings (SSSR count). The maximum atomic E-state index is 5.58. The molecule has 4 aromatic heterocycles. The lowest BCUT2D eigenvalue weighted by atomic mass is 10.00. The van der Waals surface area contributed by atoms with Gasteiger partial charge in [-0.15, -0.1) is 22.7 Å². The molecule has 11 aromatic rings. The molecule has 7 aromatic carbocycles. The number of para-hydroxylation sites is 1. The van der Waals surface area contributed by atoms with Crippen molar-refractivity contribution in [3.8, 4) is 17.2 Å². The molecule has 3 nitrogen and oxygen atoms in total. The van der Waals surface area contributed by atoms with Gasteiger partial charge >= 0.3 is 0 Å². The van der Waals surface area contributed by atoms with Crippen LogP contribution in [0.15, 0.2) is 140 Å². The van der Waals surface area contributed by atoms with Crippen LogP contribution in [-0.2, 0) is 0 Å². The third-order valence-electron chi connectivity index (χ3n) is 9.60. The van der Waals surface area contributed by atoms with E-state index in [4.69, 9.17) is 9.97 Å². The van der Waals surface area contributed by atoms with Crippen molar-refractivity contribution in [1.29, 1.82) is 0 Å². The SMILES string of the molecule is c1ccc2c(-c3nc(-n4c5ccccc5c5c6ccccc6c6sc7ccccc7c6c54)nc4c3sc3ccccc34)cccc2c1. The second-order valence-electron chi connectivity index (χ2n) is 12.1. The number of benzene rings is 7. The molecule has 0 radical (unpaired) electrons. The second-order valence-corrected chi connectivity index (χ2v) is 14.2. The summed E-state index contributed by atoms with van der Waals surface area (Å²) in [6, 6.07) is 50.2. The topological polar surface area (TPSA) is 30.7 Å². The van der Waals surface area contributed by atoms with Gasteiger partial charge in [-0.2, -0.15) is 0 Å². The Balaban J connectivity index is 1.39. The van der Waals surface area contributed by atoms with Crippen molar-refractivity contribution >= 4 is 106 Å². The summed E-state index contributed by atoms with van der Waals surface area (Å²) in [6.45, 7) is 0. The number of nitrogens with zero attached hydrogens (tertiary/aromatic N) is 3. The van der Waals surface area contributed by atoms with E-state index in [1.165, 1.54) is 62.7 Å². The summed E-state index contributed by atoms with van der Waals surface area (Å²) < 4.78 is 7.26. The van der Waals surface area contributed by atoms with Gasteiger partial charge in [0.1, 0.15) is 0 Å². The summed E-state index contributed by atoms with van der Waals surface area (Å²) in [7, 11) is 0. The number of hydrogen-bond acceptors (Lipinski definition) is 4. The van der Waals surface area contributed by atoms with Gasteiger partial charge < -0.3 is 0 Å². The van der Waals surface area contributed by atoms with Crippen LogP contribution in [0, 0.1) is 0 Å². The predicted octanol–water partition coefficient (Wildman–Crippen LogP) is 12.3. The van der Waals surface area contributed by atoms with E-state index in [2.05, 4.69) is 144 Å². The fourth-order valence-corrected chi connectivity index (χ4v) is 10.0. The highest BCUT2D eigenvalue weighted by Crippen LogP contribution is 2.48. The first-order valence-electron chi connectivity index (χ1n) is 15.8. The maximum Gasteiger partial charge on any atom is 0.235 e. The molecule has 0 N–H and O–H groups in total. The first-order chi connectivity index (χ1) is 23.3. The summed E-state index contributed by atoms with van der Waals surface area (Å²) >= 11 is 3.65. The van der Waals surface area contributed by atoms with Crippen molar-refractivity contribution in [3.05, 3.63) is 140 Å². The normalized spacial score (nSPS) is 12.3. The van der Waals surface area contributed by atoms with E-state index in [9.17, 15) is 0 Å². The Kier molecular flexibility index (Phi) is 5.14. The Hall–Kier alpha value is -5.62. The molecule has 0 fully saturated rings. The van der Waals surface area contributed by atoms with Crippen LogP contribution < -0.4 is 0 Å². The Bertz CT molecular complexity index is 3080. The molecular formula is C42H23N3S2. The molecule has 0 atom stereocenters. The summed E-state index contributed by atoms with van der Waals surface area (Å²) in [4.78, 5) is 11.1. The first kappa shape index (κ1) is 25.6. The van der Waals surface area contributed by atoms with Crippen LogP contribution >= 0.6 is 22.7 Å². The van der Waals surface area contributed by atoms with Gasteiger partial charge in [-0.25, -0.2) is 9.97 Å². The van der Waals surface area contributed by atoms with Crippen LogP contribution in [0.2, 0.25) is 0 Å². The Morgan fingerprint density at radius 3 is 1.91 bits per heavy atom. The molecule has 47 heavy (non-hydrogen) atoms. The fourth-order valence-electron chi connectivity index (χ4n) is 7.62. The van der Waals surface area contributed by atoms with Gasteiger partial charge in [0.25, 0.3) is 0 Å². The molecule has 0 saturated heterocycles. The van der Waals surface area contributed by atoms with Gasteiger partial charge in [0.05, 0.1) is 26.9 Å². The summed E-state index contributed by atoms with van der Waals surface area (Å²) in [5.74, 6) is 0.696. The highest BCUT2D eigenvalue weighted by atomic mass is 32.1. The molecule has 0 bridgehead atoms. The average molecular weight is 634 g/mol. The van der Waals surface area contributed by atoms with E-state index in [1.54, 1.807) is 11.3 Å². The lowest BCUT2D eigenvalue weighted by Crippen LogP contribution is -2.03. The quantitative estimate of drug-likeness (QED) is 0.190. The Morgan fingerprint density at radius 2 is 1.06 bits per heavy atom. The highest BCUT2D eigenvalue weighted by molar-refractivity contribution is 7.27. The Morgan fingerprint density at radius 1 is 0.447 bits per heavy atom. The van der Waals surface area contributed by atoms with Crippen LogP contribution in [0.3, 0.4) is 0 Å². The van der Waals surface area contributed by atoms with Crippen molar-refractivity contribution in [2.24, 2.45) is 0 Å². The zero-order valence-electron chi connectivity index (χ0n) is 24.9. The number of aromatic nitrogens is 3. The van der Waals surface area contributed by atoms with Crippen molar-refractivity contribution in [3.63, 3.8) is 0 Å². The molecule has 0 aliphatic rings. The lowest BCUT2D eigenvalue weighted by Gasteiger charge is -2.13. The molecule has 4 heterocycles. The van der Waals surface area contributed by atoms with Crippen molar-refractivity contribution in [2.75, 3.05) is 0 Å². The molecular weight excluding hydrogens is 611 g/mol.